The molecule has 0 amide bonds. The summed E-state index contributed by atoms with van der Waals surface area (Å²) in [5.41, 5.74) is 5.49. The number of halogens is 1. The zero-order valence-corrected chi connectivity index (χ0v) is 18.6. The number of fused-ring (bicyclic) bond motifs is 1. The van der Waals surface area contributed by atoms with E-state index in [4.69, 9.17) is 14.6 Å². The molecule has 2 aromatic carbocycles. The fourth-order valence-corrected chi connectivity index (χ4v) is 5.31. The maximum absolute atomic E-state index is 14.0. The van der Waals surface area contributed by atoms with E-state index in [1.54, 1.807) is 12.1 Å². The zero-order chi connectivity index (χ0) is 22.8. The quantitative estimate of drug-likeness (QED) is 0.499. The van der Waals surface area contributed by atoms with Crippen LogP contribution in [0.1, 0.15) is 61.3 Å². The van der Waals surface area contributed by atoms with Crippen molar-refractivity contribution in [1.29, 1.82) is 0 Å². The molecule has 0 spiro atoms. The molecular formula is C26H30FNO4. The fourth-order valence-electron chi connectivity index (χ4n) is 5.31. The van der Waals surface area contributed by atoms with Gasteiger partial charge in [-0.3, -0.25) is 4.79 Å². The lowest BCUT2D eigenvalue weighted by Crippen LogP contribution is -2.23. The number of carbonyl (C=O) groups is 1. The average Bonchev–Trinajstić information content (AvgIpc) is 3.08. The van der Waals surface area contributed by atoms with Crippen molar-refractivity contribution in [1.82, 2.24) is 4.57 Å². The highest BCUT2D eigenvalue weighted by molar-refractivity contribution is 5.89. The minimum Gasteiger partial charge on any atom is -0.508 e. The maximum Gasteiger partial charge on any atom is 0.290 e. The lowest BCUT2D eigenvalue weighted by Gasteiger charge is -2.35. The number of phenolic OH excluding ortho intramolecular Hbond substituents is 1. The number of phenols is 1. The molecule has 6 heteroatoms. The summed E-state index contributed by atoms with van der Waals surface area (Å²) in [7, 11) is 0. The van der Waals surface area contributed by atoms with Crippen LogP contribution in [0.3, 0.4) is 0 Å². The molecular weight excluding hydrogens is 409 g/mol. The van der Waals surface area contributed by atoms with Gasteiger partial charge in [0.25, 0.3) is 6.47 Å². The summed E-state index contributed by atoms with van der Waals surface area (Å²) in [6.07, 6.45) is 4.37. The summed E-state index contributed by atoms with van der Waals surface area (Å²) in [4.78, 5) is 8.36. The van der Waals surface area contributed by atoms with E-state index in [1.807, 2.05) is 31.2 Å². The first-order valence-corrected chi connectivity index (χ1v) is 11.2. The van der Waals surface area contributed by atoms with Crippen molar-refractivity contribution in [2.45, 2.75) is 51.4 Å². The van der Waals surface area contributed by atoms with Gasteiger partial charge in [0.05, 0.1) is 5.52 Å². The van der Waals surface area contributed by atoms with E-state index in [-0.39, 0.29) is 12.3 Å². The third-order valence-electron chi connectivity index (χ3n) is 6.82. The third-order valence-corrected chi connectivity index (χ3v) is 6.82. The molecule has 5 rings (SSSR count). The lowest BCUT2D eigenvalue weighted by atomic mass is 9.70. The van der Waals surface area contributed by atoms with Crippen LogP contribution in [-0.4, -0.2) is 34.5 Å². The predicted octanol–water partition coefficient (Wildman–Crippen LogP) is 5.89. The van der Waals surface area contributed by atoms with Crippen molar-refractivity contribution in [3.8, 4) is 11.4 Å². The van der Waals surface area contributed by atoms with Gasteiger partial charge in [0.1, 0.15) is 11.6 Å². The van der Waals surface area contributed by atoms with Crippen LogP contribution in [-0.2, 0) is 9.53 Å². The SMILES string of the molecule is Cc1cc(-n2c(C3CCOCC3)c(C3CC(C)C3)c3cc(O)ccc32)ccc1F.O=CO. The highest BCUT2D eigenvalue weighted by Gasteiger charge is 2.35. The second-order valence-corrected chi connectivity index (χ2v) is 9.03. The van der Waals surface area contributed by atoms with Crippen LogP contribution in [0, 0.1) is 18.7 Å². The van der Waals surface area contributed by atoms with Gasteiger partial charge in [-0.25, -0.2) is 4.39 Å². The number of benzene rings is 2. The summed E-state index contributed by atoms with van der Waals surface area (Å²) < 4.78 is 22.0. The molecule has 0 unspecified atom stereocenters. The first-order chi connectivity index (χ1) is 15.4. The Morgan fingerprint density at radius 2 is 1.78 bits per heavy atom. The molecule has 0 atom stereocenters. The highest BCUT2D eigenvalue weighted by Crippen LogP contribution is 2.50. The van der Waals surface area contributed by atoms with E-state index in [0.29, 0.717) is 23.1 Å². The Morgan fingerprint density at radius 3 is 2.41 bits per heavy atom. The smallest absolute Gasteiger partial charge is 0.290 e. The molecule has 5 nitrogen and oxygen atoms in total. The van der Waals surface area contributed by atoms with Gasteiger partial charge in [-0.2, -0.15) is 0 Å². The monoisotopic (exact) mass is 439 g/mol. The molecule has 1 saturated carbocycles. The lowest BCUT2D eigenvalue weighted by molar-refractivity contribution is -0.122. The minimum absolute atomic E-state index is 0.177. The van der Waals surface area contributed by atoms with Crippen LogP contribution in [0.15, 0.2) is 36.4 Å². The summed E-state index contributed by atoms with van der Waals surface area (Å²) in [6, 6.07) is 11.1. The van der Waals surface area contributed by atoms with Gasteiger partial charge >= 0.3 is 0 Å². The summed E-state index contributed by atoms with van der Waals surface area (Å²) >= 11 is 0. The number of aromatic nitrogens is 1. The molecule has 0 radical (unpaired) electrons. The fraction of sp³-hybridized carbons (Fsp3) is 0.423. The van der Waals surface area contributed by atoms with Crippen molar-refractivity contribution in [2.24, 2.45) is 5.92 Å². The number of ether oxygens (including phenoxy) is 1. The van der Waals surface area contributed by atoms with Crippen LogP contribution in [0.4, 0.5) is 4.39 Å². The molecule has 1 aliphatic heterocycles. The summed E-state index contributed by atoms with van der Waals surface area (Å²) in [6.45, 7) is 5.43. The summed E-state index contributed by atoms with van der Waals surface area (Å²) in [5.74, 6) is 1.80. The van der Waals surface area contributed by atoms with Crippen LogP contribution < -0.4 is 0 Å². The molecule has 2 aliphatic rings. The van der Waals surface area contributed by atoms with E-state index < -0.39 is 0 Å². The van der Waals surface area contributed by atoms with Crippen molar-refractivity contribution in [3.05, 3.63) is 59.0 Å². The molecule has 32 heavy (non-hydrogen) atoms. The normalized spacial score (nSPS) is 21.0. The van der Waals surface area contributed by atoms with Gasteiger partial charge in [0.2, 0.25) is 0 Å². The Morgan fingerprint density at radius 1 is 1.09 bits per heavy atom. The molecule has 1 saturated heterocycles. The molecule has 3 aromatic rings. The molecule has 1 aromatic heterocycles. The zero-order valence-electron chi connectivity index (χ0n) is 18.6. The topological polar surface area (TPSA) is 71.7 Å². The van der Waals surface area contributed by atoms with Crippen LogP contribution in [0.25, 0.3) is 16.6 Å². The second-order valence-electron chi connectivity index (χ2n) is 9.03. The van der Waals surface area contributed by atoms with Gasteiger partial charge < -0.3 is 19.5 Å². The number of rotatable bonds is 3. The van der Waals surface area contributed by atoms with Crippen molar-refractivity contribution in [3.63, 3.8) is 0 Å². The molecule has 2 N–H and O–H groups in total. The predicted molar refractivity (Wildman–Crippen MR) is 122 cm³/mol. The van der Waals surface area contributed by atoms with Crippen LogP contribution in [0.5, 0.6) is 5.75 Å². The van der Waals surface area contributed by atoms with Gasteiger partial charge in [-0.1, -0.05) is 6.92 Å². The number of aromatic hydroxyl groups is 1. The average molecular weight is 440 g/mol. The number of hydrogen-bond acceptors (Lipinski definition) is 3. The second kappa shape index (κ2) is 9.33. The van der Waals surface area contributed by atoms with Crippen LogP contribution >= 0.6 is 0 Å². The standard InChI is InChI=1S/C25H28FNO2.CH2O2/c1-15-11-18(12-15)24-21-14-20(28)4-6-23(21)27(19-3-5-22(26)16(2)13-19)25(24)17-7-9-29-10-8-17;2-1-3/h3-6,13-15,17-18,28H,7-12H2,1-2H3;1H,(H,2,3). The van der Waals surface area contributed by atoms with E-state index in [1.165, 1.54) is 24.1 Å². The minimum atomic E-state index is -0.250. The maximum atomic E-state index is 14.0. The number of hydrogen-bond donors (Lipinski definition) is 2. The van der Waals surface area contributed by atoms with Gasteiger partial charge in [0, 0.05) is 35.9 Å². The Labute approximate surface area is 187 Å². The third kappa shape index (κ3) is 4.11. The largest absolute Gasteiger partial charge is 0.508 e. The van der Waals surface area contributed by atoms with Crippen molar-refractivity contribution in [2.75, 3.05) is 13.2 Å². The van der Waals surface area contributed by atoms with Crippen molar-refractivity contribution >= 4 is 17.4 Å². The Hall–Kier alpha value is -2.86. The van der Waals surface area contributed by atoms with E-state index >= 15 is 0 Å². The van der Waals surface area contributed by atoms with E-state index in [2.05, 4.69) is 11.5 Å². The van der Waals surface area contributed by atoms with Crippen LogP contribution in [0.2, 0.25) is 0 Å². The number of nitrogens with zero attached hydrogens (tertiary/aromatic N) is 1. The Balaban J connectivity index is 0.000000775. The van der Waals surface area contributed by atoms with E-state index in [9.17, 15) is 9.50 Å². The molecule has 1 aliphatic carbocycles. The molecule has 2 fully saturated rings. The first kappa shape index (κ1) is 22.3. The number of aryl methyl sites for hydroxylation is 1. The highest BCUT2D eigenvalue weighted by atomic mass is 19.1. The summed E-state index contributed by atoms with van der Waals surface area (Å²) in [5, 5.41) is 18.3. The van der Waals surface area contributed by atoms with Gasteiger partial charge in [-0.15, -0.1) is 0 Å². The Kier molecular flexibility index (Phi) is 6.51. The molecule has 170 valence electrons. The van der Waals surface area contributed by atoms with Gasteiger partial charge in [0.15, 0.2) is 0 Å². The van der Waals surface area contributed by atoms with Crippen molar-refractivity contribution < 1.29 is 24.1 Å². The first-order valence-electron chi connectivity index (χ1n) is 11.2. The number of carboxylic acid groups (broad SMARTS) is 1. The molecule has 2 heterocycles. The molecule has 0 bridgehead atoms. The Bertz CT molecular complexity index is 1110. The van der Waals surface area contributed by atoms with Gasteiger partial charge in [-0.05, 0) is 92.0 Å². The van der Waals surface area contributed by atoms with E-state index in [0.717, 1.165) is 48.6 Å².